The zero-order chi connectivity index (χ0) is 10.1. The number of hydrogen-bond acceptors (Lipinski definition) is 2. The molecule has 0 spiro atoms. The molecule has 1 fully saturated rings. The average Bonchev–Trinajstić information content (AvgIpc) is 1.96. The van der Waals surface area contributed by atoms with Crippen LogP contribution >= 0.6 is 0 Å². The van der Waals surface area contributed by atoms with Crippen LogP contribution in [0.5, 0.6) is 0 Å². The van der Waals surface area contributed by atoms with E-state index >= 15 is 0 Å². The van der Waals surface area contributed by atoms with Gasteiger partial charge in [-0.3, -0.25) is 0 Å². The molecule has 0 radical (unpaired) electrons. The summed E-state index contributed by atoms with van der Waals surface area (Å²) in [5.74, 6) is 0.762. The first kappa shape index (κ1) is 11.0. The van der Waals surface area contributed by atoms with Gasteiger partial charge in [0.05, 0.1) is 5.75 Å². The lowest BCUT2D eigenvalue weighted by Crippen LogP contribution is -2.43. The van der Waals surface area contributed by atoms with Crippen LogP contribution in [0.3, 0.4) is 0 Å². The zero-order valence-corrected chi connectivity index (χ0v) is 9.45. The minimum Gasteiger partial charge on any atom is -0.218 e. The Kier molecular flexibility index (Phi) is 3.02. The molecule has 0 bridgehead atoms. The highest BCUT2D eigenvalue weighted by atomic mass is 32.2. The summed E-state index contributed by atoms with van der Waals surface area (Å²) in [6, 6.07) is 0. The molecule has 1 saturated carbocycles. The van der Waals surface area contributed by atoms with Crippen molar-refractivity contribution in [3.63, 3.8) is 0 Å². The summed E-state index contributed by atoms with van der Waals surface area (Å²) >= 11 is 0. The number of nitrogens with one attached hydrogen (secondary N) is 1. The molecule has 0 aromatic rings. The molecule has 0 aromatic heterocycles. The molecular formula is C9H19NO2S. The maximum atomic E-state index is 11.4. The lowest BCUT2D eigenvalue weighted by atomic mass is 9.63. The Balaban J connectivity index is 2.70. The molecule has 0 saturated heterocycles. The highest BCUT2D eigenvalue weighted by Gasteiger charge is 2.42. The summed E-state index contributed by atoms with van der Waals surface area (Å²) in [4.78, 5) is 0. The first-order chi connectivity index (χ1) is 5.92. The summed E-state index contributed by atoms with van der Waals surface area (Å²) in [7, 11) is -1.54. The van der Waals surface area contributed by atoms with E-state index in [-0.39, 0.29) is 5.41 Å². The maximum Gasteiger partial charge on any atom is 0.211 e. The first-order valence-corrected chi connectivity index (χ1v) is 6.48. The smallest absolute Gasteiger partial charge is 0.211 e. The van der Waals surface area contributed by atoms with Gasteiger partial charge >= 0.3 is 0 Å². The van der Waals surface area contributed by atoms with Gasteiger partial charge in [-0.2, -0.15) is 0 Å². The van der Waals surface area contributed by atoms with E-state index in [4.69, 9.17) is 0 Å². The normalized spacial score (nSPS) is 21.5. The molecule has 1 aliphatic rings. The molecule has 0 unspecified atom stereocenters. The Labute approximate surface area is 81.0 Å². The third-order valence-electron chi connectivity index (χ3n) is 3.36. The third kappa shape index (κ3) is 2.23. The van der Waals surface area contributed by atoms with Gasteiger partial charge in [-0.15, -0.1) is 0 Å². The van der Waals surface area contributed by atoms with Crippen LogP contribution in [0.15, 0.2) is 0 Å². The molecule has 13 heavy (non-hydrogen) atoms. The van der Waals surface area contributed by atoms with Gasteiger partial charge in [-0.05, 0) is 31.2 Å². The fourth-order valence-electron chi connectivity index (χ4n) is 1.97. The van der Waals surface area contributed by atoms with Crippen LogP contribution in [0.25, 0.3) is 0 Å². The van der Waals surface area contributed by atoms with Gasteiger partial charge in [-0.25, -0.2) is 13.1 Å². The summed E-state index contributed by atoms with van der Waals surface area (Å²) in [6.07, 6.45) is 3.30. The predicted molar refractivity (Wildman–Crippen MR) is 54.0 cm³/mol. The average molecular weight is 205 g/mol. The summed E-state index contributed by atoms with van der Waals surface area (Å²) in [5.41, 5.74) is 0.0574. The maximum absolute atomic E-state index is 11.4. The van der Waals surface area contributed by atoms with Crippen molar-refractivity contribution >= 4 is 10.0 Å². The van der Waals surface area contributed by atoms with Gasteiger partial charge in [-0.1, -0.05) is 20.3 Å². The van der Waals surface area contributed by atoms with Crippen LogP contribution in [0.1, 0.15) is 33.1 Å². The number of sulfonamides is 1. The first-order valence-electron chi connectivity index (χ1n) is 4.83. The molecule has 0 heterocycles. The fraction of sp³-hybridized carbons (Fsp3) is 1.00. The molecule has 0 amide bonds. The summed E-state index contributed by atoms with van der Waals surface area (Å²) in [5, 5.41) is 0. The second kappa shape index (κ2) is 3.58. The molecule has 1 aliphatic carbocycles. The van der Waals surface area contributed by atoms with Gasteiger partial charge in [0.25, 0.3) is 0 Å². The van der Waals surface area contributed by atoms with Gasteiger partial charge < -0.3 is 0 Å². The second-order valence-corrected chi connectivity index (χ2v) is 6.26. The molecule has 1 rings (SSSR count). The van der Waals surface area contributed by atoms with Gasteiger partial charge in [0.15, 0.2) is 0 Å². The highest BCUT2D eigenvalue weighted by molar-refractivity contribution is 7.89. The molecule has 0 aliphatic heterocycles. The standard InChI is InChI=1S/C9H19NO2S/c1-8(2)9(5-4-6-9)7-13(11,12)10-3/h8,10H,4-7H2,1-3H3. The second-order valence-electron chi connectivity index (χ2n) is 4.33. The number of hydrogen-bond donors (Lipinski definition) is 1. The van der Waals surface area contributed by atoms with Crippen molar-refractivity contribution in [2.24, 2.45) is 11.3 Å². The van der Waals surface area contributed by atoms with E-state index in [0.29, 0.717) is 11.7 Å². The molecule has 4 heteroatoms. The molecular weight excluding hydrogens is 186 g/mol. The van der Waals surface area contributed by atoms with Crippen molar-refractivity contribution in [3.05, 3.63) is 0 Å². The van der Waals surface area contributed by atoms with Crippen molar-refractivity contribution in [3.8, 4) is 0 Å². The van der Waals surface area contributed by atoms with Crippen LogP contribution < -0.4 is 4.72 Å². The fourth-order valence-corrected chi connectivity index (χ4v) is 3.49. The molecule has 0 aromatic carbocycles. The lowest BCUT2D eigenvalue weighted by Gasteiger charge is -2.45. The van der Waals surface area contributed by atoms with Gasteiger partial charge in [0, 0.05) is 0 Å². The monoisotopic (exact) mass is 205 g/mol. The van der Waals surface area contributed by atoms with E-state index in [1.807, 2.05) is 0 Å². The minimum absolute atomic E-state index is 0.0574. The van der Waals surface area contributed by atoms with E-state index in [2.05, 4.69) is 18.6 Å². The van der Waals surface area contributed by atoms with E-state index in [1.165, 1.54) is 13.5 Å². The van der Waals surface area contributed by atoms with Crippen LogP contribution in [-0.2, 0) is 10.0 Å². The quantitative estimate of drug-likeness (QED) is 0.753. The Morgan fingerprint density at radius 3 is 2.15 bits per heavy atom. The van der Waals surface area contributed by atoms with Crippen LogP contribution in [0.2, 0.25) is 0 Å². The summed E-state index contributed by atoms with van der Waals surface area (Å²) < 4.78 is 25.2. The third-order valence-corrected chi connectivity index (χ3v) is 4.94. The van der Waals surface area contributed by atoms with Crippen molar-refractivity contribution in [1.29, 1.82) is 0 Å². The molecule has 78 valence electrons. The van der Waals surface area contributed by atoms with Crippen LogP contribution in [0, 0.1) is 11.3 Å². The van der Waals surface area contributed by atoms with Crippen molar-refractivity contribution in [2.45, 2.75) is 33.1 Å². The SMILES string of the molecule is CNS(=O)(=O)CC1(C(C)C)CCC1. The molecule has 3 nitrogen and oxygen atoms in total. The van der Waals surface area contributed by atoms with E-state index < -0.39 is 10.0 Å². The largest absolute Gasteiger partial charge is 0.218 e. The van der Waals surface area contributed by atoms with Crippen molar-refractivity contribution in [1.82, 2.24) is 4.72 Å². The lowest BCUT2D eigenvalue weighted by molar-refractivity contribution is 0.0969. The van der Waals surface area contributed by atoms with Gasteiger partial charge in [0.2, 0.25) is 10.0 Å². The van der Waals surface area contributed by atoms with Crippen LogP contribution in [0.4, 0.5) is 0 Å². The van der Waals surface area contributed by atoms with E-state index in [9.17, 15) is 8.42 Å². The Bertz CT molecular complexity index is 265. The highest BCUT2D eigenvalue weighted by Crippen LogP contribution is 2.47. The Hall–Kier alpha value is -0.0900. The molecule has 0 atom stereocenters. The minimum atomic E-state index is -3.03. The Morgan fingerprint density at radius 2 is 1.92 bits per heavy atom. The summed E-state index contributed by atoms with van der Waals surface area (Å²) in [6.45, 7) is 4.23. The zero-order valence-electron chi connectivity index (χ0n) is 8.63. The van der Waals surface area contributed by atoms with Crippen molar-refractivity contribution in [2.75, 3.05) is 12.8 Å². The van der Waals surface area contributed by atoms with Gasteiger partial charge in [0.1, 0.15) is 0 Å². The number of rotatable bonds is 4. The predicted octanol–water partition coefficient (Wildman–Crippen LogP) is 1.36. The topological polar surface area (TPSA) is 46.2 Å². The molecule has 1 N–H and O–H groups in total. The van der Waals surface area contributed by atoms with E-state index in [0.717, 1.165) is 12.8 Å². The Morgan fingerprint density at radius 1 is 1.38 bits per heavy atom. The van der Waals surface area contributed by atoms with E-state index in [1.54, 1.807) is 0 Å². The van der Waals surface area contributed by atoms with Crippen molar-refractivity contribution < 1.29 is 8.42 Å². The van der Waals surface area contributed by atoms with Crippen LogP contribution in [-0.4, -0.2) is 21.2 Å².